The number of aryl methyl sites for hydroxylation is 1. The molecule has 0 N–H and O–H groups in total. The van der Waals surface area contributed by atoms with E-state index >= 15 is 0 Å². The van der Waals surface area contributed by atoms with Crippen LogP contribution in [0.4, 0.5) is 13.2 Å². The lowest BCUT2D eigenvalue weighted by Gasteiger charge is -2.11. The fraction of sp³-hybridized carbons (Fsp3) is 0.214. The molecule has 4 aromatic rings. The predicted octanol–water partition coefficient (Wildman–Crippen LogP) is 8.93. The SMILES string of the molecule is CCCCCc1ccc2c(-c3ccc(-c4ccc(C(F)(F)F)cc4)cc3)cccc2c1. The highest BCUT2D eigenvalue weighted by atomic mass is 19.4. The van der Waals surface area contributed by atoms with Crippen molar-refractivity contribution in [2.45, 2.75) is 38.8 Å². The van der Waals surface area contributed by atoms with Gasteiger partial charge in [-0.15, -0.1) is 0 Å². The minimum atomic E-state index is -4.31. The number of alkyl halides is 3. The molecule has 3 heteroatoms. The molecule has 158 valence electrons. The van der Waals surface area contributed by atoms with Gasteiger partial charge in [0.25, 0.3) is 0 Å². The molecule has 0 nitrogen and oxygen atoms in total. The van der Waals surface area contributed by atoms with Crippen molar-refractivity contribution in [3.63, 3.8) is 0 Å². The summed E-state index contributed by atoms with van der Waals surface area (Å²) in [6.45, 7) is 2.22. The van der Waals surface area contributed by atoms with Crippen LogP contribution in [0.25, 0.3) is 33.0 Å². The second kappa shape index (κ2) is 8.97. The molecule has 0 bridgehead atoms. The van der Waals surface area contributed by atoms with Gasteiger partial charge in [0.05, 0.1) is 5.56 Å². The van der Waals surface area contributed by atoms with Gasteiger partial charge in [-0.05, 0) is 63.6 Å². The van der Waals surface area contributed by atoms with Crippen molar-refractivity contribution in [2.24, 2.45) is 0 Å². The van der Waals surface area contributed by atoms with Crippen LogP contribution in [-0.4, -0.2) is 0 Å². The van der Waals surface area contributed by atoms with Crippen LogP contribution in [0.1, 0.15) is 37.3 Å². The highest BCUT2D eigenvalue weighted by Crippen LogP contribution is 2.33. The molecule has 0 saturated carbocycles. The minimum Gasteiger partial charge on any atom is -0.166 e. The van der Waals surface area contributed by atoms with Gasteiger partial charge in [0.2, 0.25) is 0 Å². The Morgan fingerprint density at radius 1 is 0.677 bits per heavy atom. The van der Waals surface area contributed by atoms with Gasteiger partial charge in [0, 0.05) is 0 Å². The molecule has 0 spiro atoms. The molecule has 0 unspecified atom stereocenters. The Morgan fingerprint density at radius 3 is 1.97 bits per heavy atom. The molecule has 0 aliphatic rings. The van der Waals surface area contributed by atoms with Gasteiger partial charge in [0.1, 0.15) is 0 Å². The third kappa shape index (κ3) is 4.82. The molecule has 0 aromatic heterocycles. The van der Waals surface area contributed by atoms with Crippen LogP contribution in [0.15, 0.2) is 84.9 Å². The van der Waals surface area contributed by atoms with Gasteiger partial charge in [-0.2, -0.15) is 13.2 Å². The maximum Gasteiger partial charge on any atom is 0.416 e. The molecule has 0 fully saturated rings. The highest BCUT2D eigenvalue weighted by Gasteiger charge is 2.29. The van der Waals surface area contributed by atoms with E-state index in [-0.39, 0.29) is 0 Å². The molecule has 0 aliphatic heterocycles. The zero-order valence-electron chi connectivity index (χ0n) is 17.5. The van der Waals surface area contributed by atoms with Crippen LogP contribution in [0.2, 0.25) is 0 Å². The van der Waals surface area contributed by atoms with E-state index in [1.165, 1.54) is 47.7 Å². The average Bonchev–Trinajstić information content (AvgIpc) is 2.78. The van der Waals surface area contributed by atoms with E-state index in [1.54, 1.807) is 0 Å². The number of fused-ring (bicyclic) bond motifs is 1. The molecule has 0 saturated heterocycles. The molecule has 4 aromatic carbocycles. The number of hydrogen-bond acceptors (Lipinski definition) is 0. The Kier molecular flexibility index (Phi) is 6.13. The summed E-state index contributed by atoms with van der Waals surface area (Å²) in [6.07, 6.45) is 0.485. The van der Waals surface area contributed by atoms with Crippen LogP contribution < -0.4 is 0 Å². The summed E-state index contributed by atoms with van der Waals surface area (Å²) in [5.41, 5.74) is 4.68. The van der Waals surface area contributed by atoms with Gasteiger partial charge in [-0.3, -0.25) is 0 Å². The number of rotatable bonds is 6. The van der Waals surface area contributed by atoms with Crippen molar-refractivity contribution in [1.82, 2.24) is 0 Å². The summed E-state index contributed by atoms with van der Waals surface area (Å²) in [5, 5.41) is 2.45. The first kappa shape index (κ1) is 21.2. The van der Waals surface area contributed by atoms with Gasteiger partial charge in [-0.25, -0.2) is 0 Å². The van der Waals surface area contributed by atoms with Crippen LogP contribution in [-0.2, 0) is 12.6 Å². The van der Waals surface area contributed by atoms with Gasteiger partial charge < -0.3 is 0 Å². The van der Waals surface area contributed by atoms with Crippen molar-refractivity contribution in [3.05, 3.63) is 96.1 Å². The summed E-state index contributed by atoms with van der Waals surface area (Å²) in [6, 6.07) is 26.4. The first-order valence-electron chi connectivity index (χ1n) is 10.8. The molecule has 0 heterocycles. The minimum absolute atomic E-state index is 0.627. The third-order valence-electron chi connectivity index (χ3n) is 5.76. The standard InChI is InChI=1S/C28H25F3/c1-2-3-4-6-20-9-18-27-24(19-20)7-5-8-26(27)23-12-10-21(11-13-23)22-14-16-25(17-15-22)28(29,30)31/h5,7-19H,2-4,6H2,1H3. The second-order valence-corrected chi connectivity index (χ2v) is 7.97. The van der Waals surface area contributed by atoms with E-state index in [4.69, 9.17) is 0 Å². The molecule has 0 aliphatic carbocycles. The number of halogens is 3. The Labute approximate surface area is 181 Å². The molecule has 31 heavy (non-hydrogen) atoms. The summed E-state index contributed by atoms with van der Waals surface area (Å²) in [4.78, 5) is 0. The molecular formula is C28H25F3. The topological polar surface area (TPSA) is 0 Å². The van der Waals surface area contributed by atoms with E-state index in [2.05, 4.69) is 43.3 Å². The van der Waals surface area contributed by atoms with E-state index in [9.17, 15) is 13.2 Å². The summed E-state index contributed by atoms with van der Waals surface area (Å²) >= 11 is 0. The Balaban J connectivity index is 1.60. The maximum absolute atomic E-state index is 12.8. The average molecular weight is 419 g/mol. The second-order valence-electron chi connectivity index (χ2n) is 7.97. The lowest BCUT2D eigenvalue weighted by Crippen LogP contribution is -2.03. The Bertz CT molecular complexity index is 1150. The van der Waals surface area contributed by atoms with E-state index in [0.717, 1.165) is 40.8 Å². The summed E-state index contributed by atoms with van der Waals surface area (Å²) in [5.74, 6) is 0. The van der Waals surface area contributed by atoms with Crippen molar-refractivity contribution < 1.29 is 13.2 Å². The van der Waals surface area contributed by atoms with Crippen LogP contribution in [0.3, 0.4) is 0 Å². The number of unbranched alkanes of at least 4 members (excludes halogenated alkanes) is 2. The molecule has 0 radical (unpaired) electrons. The summed E-state index contributed by atoms with van der Waals surface area (Å²) in [7, 11) is 0. The maximum atomic E-state index is 12.8. The largest absolute Gasteiger partial charge is 0.416 e. The Hall–Kier alpha value is -3.07. The lowest BCUT2D eigenvalue weighted by molar-refractivity contribution is -0.137. The third-order valence-corrected chi connectivity index (χ3v) is 5.76. The summed E-state index contributed by atoms with van der Waals surface area (Å²) < 4.78 is 38.4. The molecular weight excluding hydrogens is 393 g/mol. The highest BCUT2D eigenvalue weighted by molar-refractivity contribution is 5.97. The van der Waals surface area contributed by atoms with Gasteiger partial charge in [-0.1, -0.05) is 92.6 Å². The lowest BCUT2D eigenvalue weighted by atomic mass is 9.94. The van der Waals surface area contributed by atoms with E-state index in [1.807, 2.05) is 24.3 Å². The van der Waals surface area contributed by atoms with Crippen LogP contribution >= 0.6 is 0 Å². The quantitative estimate of drug-likeness (QED) is 0.274. The smallest absolute Gasteiger partial charge is 0.166 e. The fourth-order valence-corrected chi connectivity index (χ4v) is 4.01. The predicted molar refractivity (Wildman–Crippen MR) is 123 cm³/mol. The first-order chi connectivity index (χ1) is 15.0. The van der Waals surface area contributed by atoms with Crippen LogP contribution in [0.5, 0.6) is 0 Å². The zero-order valence-corrected chi connectivity index (χ0v) is 17.5. The van der Waals surface area contributed by atoms with E-state index in [0.29, 0.717) is 0 Å². The Morgan fingerprint density at radius 2 is 1.32 bits per heavy atom. The first-order valence-corrected chi connectivity index (χ1v) is 10.8. The fourth-order valence-electron chi connectivity index (χ4n) is 4.01. The van der Waals surface area contributed by atoms with Crippen molar-refractivity contribution >= 4 is 10.8 Å². The van der Waals surface area contributed by atoms with Crippen molar-refractivity contribution in [3.8, 4) is 22.3 Å². The normalized spacial score (nSPS) is 11.7. The molecule has 0 atom stereocenters. The van der Waals surface area contributed by atoms with Gasteiger partial charge in [0.15, 0.2) is 0 Å². The monoisotopic (exact) mass is 418 g/mol. The number of hydrogen-bond donors (Lipinski definition) is 0. The molecule has 4 rings (SSSR count). The van der Waals surface area contributed by atoms with E-state index < -0.39 is 11.7 Å². The molecule has 0 amide bonds. The van der Waals surface area contributed by atoms with Gasteiger partial charge >= 0.3 is 6.18 Å². The van der Waals surface area contributed by atoms with Crippen LogP contribution in [0, 0.1) is 0 Å². The number of benzene rings is 4. The zero-order chi connectivity index (χ0) is 21.8. The van der Waals surface area contributed by atoms with Crippen molar-refractivity contribution in [1.29, 1.82) is 0 Å². The van der Waals surface area contributed by atoms with Crippen molar-refractivity contribution in [2.75, 3.05) is 0 Å².